The number of hydrogen-bond acceptors (Lipinski definition) is 2. The molecular weight excluding hydrogens is 210 g/mol. The molecule has 1 aromatic rings. The standard InChI is InChI=1S/C15H25NO/c1-3-8-16-11-13-7-6-12(2)10-14(13)15-5-4-9-17-15/h4-5,9,12-14,16H,3,6-8,10-11H2,1-2H3. The molecule has 0 bridgehead atoms. The molecule has 1 heterocycles. The first-order chi connectivity index (χ1) is 8.31. The fourth-order valence-corrected chi connectivity index (χ4v) is 3.00. The summed E-state index contributed by atoms with van der Waals surface area (Å²) in [5, 5.41) is 3.57. The van der Waals surface area contributed by atoms with Crippen molar-refractivity contribution in [1.29, 1.82) is 0 Å². The maximum atomic E-state index is 5.63. The van der Waals surface area contributed by atoms with Crippen LogP contribution in [0.4, 0.5) is 0 Å². The van der Waals surface area contributed by atoms with E-state index in [1.54, 1.807) is 0 Å². The topological polar surface area (TPSA) is 25.2 Å². The molecule has 1 aliphatic rings. The second-order valence-corrected chi connectivity index (χ2v) is 5.50. The molecule has 0 aliphatic heterocycles. The van der Waals surface area contributed by atoms with E-state index in [2.05, 4.69) is 25.2 Å². The maximum Gasteiger partial charge on any atom is 0.107 e. The molecule has 1 N–H and O–H groups in total. The Balaban J connectivity index is 1.96. The first-order valence-corrected chi connectivity index (χ1v) is 7.05. The van der Waals surface area contributed by atoms with Crippen molar-refractivity contribution in [2.24, 2.45) is 11.8 Å². The van der Waals surface area contributed by atoms with E-state index in [0.717, 1.165) is 24.9 Å². The Morgan fingerprint density at radius 2 is 2.29 bits per heavy atom. The van der Waals surface area contributed by atoms with Gasteiger partial charge in [-0.25, -0.2) is 0 Å². The van der Waals surface area contributed by atoms with Crippen LogP contribution in [0.1, 0.15) is 51.2 Å². The molecule has 0 saturated heterocycles. The SMILES string of the molecule is CCCNCC1CCC(C)CC1c1ccco1. The van der Waals surface area contributed by atoms with Gasteiger partial charge in [-0.3, -0.25) is 0 Å². The highest BCUT2D eigenvalue weighted by Crippen LogP contribution is 2.40. The van der Waals surface area contributed by atoms with Crippen LogP contribution < -0.4 is 5.32 Å². The highest BCUT2D eigenvalue weighted by atomic mass is 16.3. The molecule has 0 aromatic carbocycles. The molecule has 3 atom stereocenters. The molecule has 2 nitrogen and oxygen atoms in total. The number of nitrogens with one attached hydrogen (secondary N) is 1. The molecule has 1 aliphatic carbocycles. The largest absolute Gasteiger partial charge is 0.469 e. The van der Waals surface area contributed by atoms with Crippen LogP contribution in [0.25, 0.3) is 0 Å². The average Bonchev–Trinajstić information content (AvgIpc) is 2.85. The summed E-state index contributed by atoms with van der Waals surface area (Å²) in [6.45, 7) is 6.87. The highest BCUT2D eigenvalue weighted by Gasteiger charge is 2.31. The van der Waals surface area contributed by atoms with Crippen molar-refractivity contribution in [2.75, 3.05) is 13.1 Å². The molecule has 0 amide bonds. The van der Waals surface area contributed by atoms with E-state index in [-0.39, 0.29) is 0 Å². The van der Waals surface area contributed by atoms with Crippen LogP contribution >= 0.6 is 0 Å². The first kappa shape index (κ1) is 12.7. The molecular formula is C15H25NO. The summed E-state index contributed by atoms with van der Waals surface area (Å²) in [7, 11) is 0. The lowest BCUT2D eigenvalue weighted by molar-refractivity contribution is 0.219. The monoisotopic (exact) mass is 235 g/mol. The summed E-state index contributed by atoms with van der Waals surface area (Å²) < 4.78 is 5.63. The van der Waals surface area contributed by atoms with Crippen LogP contribution in [-0.2, 0) is 0 Å². The summed E-state index contributed by atoms with van der Waals surface area (Å²) in [6.07, 6.45) is 7.02. The Hall–Kier alpha value is -0.760. The van der Waals surface area contributed by atoms with Gasteiger partial charge >= 0.3 is 0 Å². The van der Waals surface area contributed by atoms with Gasteiger partial charge in [0.15, 0.2) is 0 Å². The molecule has 2 heteroatoms. The van der Waals surface area contributed by atoms with Crippen molar-refractivity contribution in [1.82, 2.24) is 5.32 Å². The number of rotatable bonds is 5. The Labute approximate surface area is 105 Å². The van der Waals surface area contributed by atoms with Crippen LogP contribution in [0.5, 0.6) is 0 Å². The van der Waals surface area contributed by atoms with Crippen molar-refractivity contribution in [3.63, 3.8) is 0 Å². The van der Waals surface area contributed by atoms with Crippen LogP contribution in [0.2, 0.25) is 0 Å². The lowest BCUT2D eigenvalue weighted by atomic mass is 9.73. The second kappa shape index (κ2) is 6.25. The Kier molecular flexibility index (Phi) is 4.66. The minimum atomic E-state index is 0.623. The van der Waals surface area contributed by atoms with Gasteiger partial charge in [-0.2, -0.15) is 0 Å². The first-order valence-electron chi connectivity index (χ1n) is 7.05. The predicted molar refractivity (Wildman–Crippen MR) is 71.1 cm³/mol. The lowest BCUT2D eigenvalue weighted by Crippen LogP contribution is -2.31. The average molecular weight is 235 g/mol. The Bertz CT molecular complexity index is 307. The van der Waals surface area contributed by atoms with Crippen LogP contribution in [-0.4, -0.2) is 13.1 Å². The van der Waals surface area contributed by atoms with E-state index < -0.39 is 0 Å². The van der Waals surface area contributed by atoms with Gasteiger partial charge in [-0.15, -0.1) is 0 Å². The fourth-order valence-electron chi connectivity index (χ4n) is 3.00. The van der Waals surface area contributed by atoms with E-state index in [4.69, 9.17) is 4.42 Å². The van der Waals surface area contributed by atoms with Gasteiger partial charge in [-0.05, 0) is 56.3 Å². The van der Waals surface area contributed by atoms with E-state index >= 15 is 0 Å². The van der Waals surface area contributed by atoms with Crippen LogP contribution in [0, 0.1) is 11.8 Å². The van der Waals surface area contributed by atoms with Crippen molar-refractivity contribution in [3.05, 3.63) is 24.2 Å². The van der Waals surface area contributed by atoms with Gasteiger partial charge in [0.2, 0.25) is 0 Å². The number of hydrogen-bond donors (Lipinski definition) is 1. The minimum absolute atomic E-state index is 0.623. The minimum Gasteiger partial charge on any atom is -0.469 e. The maximum absolute atomic E-state index is 5.63. The summed E-state index contributed by atoms with van der Waals surface area (Å²) >= 11 is 0. The number of furan rings is 1. The second-order valence-electron chi connectivity index (χ2n) is 5.50. The van der Waals surface area contributed by atoms with E-state index in [0.29, 0.717) is 5.92 Å². The van der Waals surface area contributed by atoms with Gasteiger partial charge in [-0.1, -0.05) is 20.3 Å². The summed E-state index contributed by atoms with van der Waals surface area (Å²) in [5.41, 5.74) is 0. The zero-order valence-corrected chi connectivity index (χ0v) is 11.1. The quantitative estimate of drug-likeness (QED) is 0.785. The van der Waals surface area contributed by atoms with Crippen LogP contribution in [0.3, 0.4) is 0 Å². The van der Waals surface area contributed by atoms with Crippen molar-refractivity contribution in [3.8, 4) is 0 Å². The third kappa shape index (κ3) is 3.35. The third-order valence-corrected chi connectivity index (χ3v) is 4.00. The Morgan fingerprint density at radius 3 is 3.00 bits per heavy atom. The van der Waals surface area contributed by atoms with Crippen molar-refractivity contribution >= 4 is 0 Å². The van der Waals surface area contributed by atoms with Crippen molar-refractivity contribution in [2.45, 2.75) is 45.4 Å². The van der Waals surface area contributed by atoms with Gasteiger partial charge in [0, 0.05) is 5.92 Å². The normalized spacial score (nSPS) is 29.4. The smallest absolute Gasteiger partial charge is 0.107 e. The van der Waals surface area contributed by atoms with Gasteiger partial charge < -0.3 is 9.73 Å². The van der Waals surface area contributed by atoms with Crippen LogP contribution in [0.15, 0.2) is 22.8 Å². The molecule has 0 radical (unpaired) electrons. The zero-order chi connectivity index (χ0) is 12.1. The molecule has 1 saturated carbocycles. The van der Waals surface area contributed by atoms with E-state index in [1.807, 2.05) is 12.3 Å². The molecule has 3 unspecified atom stereocenters. The molecule has 1 aromatic heterocycles. The zero-order valence-electron chi connectivity index (χ0n) is 11.1. The molecule has 2 rings (SSSR count). The fraction of sp³-hybridized carbons (Fsp3) is 0.733. The third-order valence-electron chi connectivity index (χ3n) is 4.00. The summed E-state index contributed by atoms with van der Waals surface area (Å²) in [4.78, 5) is 0. The van der Waals surface area contributed by atoms with E-state index in [9.17, 15) is 0 Å². The molecule has 1 fully saturated rings. The summed E-state index contributed by atoms with van der Waals surface area (Å²) in [6, 6.07) is 4.17. The molecule has 96 valence electrons. The van der Waals surface area contributed by atoms with Gasteiger partial charge in [0.25, 0.3) is 0 Å². The summed E-state index contributed by atoms with van der Waals surface area (Å²) in [5.74, 6) is 3.41. The Morgan fingerprint density at radius 1 is 1.41 bits per heavy atom. The van der Waals surface area contributed by atoms with Gasteiger partial charge in [0.05, 0.1) is 6.26 Å². The van der Waals surface area contributed by atoms with Gasteiger partial charge in [0.1, 0.15) is 5.76 Å². The lowest BCUT2D eigenvalue weighted by Gasteiger charge is -2.34. The molecule has 0 spiro atoms. The van der Waals surface area contributed by atoms with E-state index in [1.165, 1.54) is 31.4 Å². The highest BCUT2D eigenvalue weighted by molar-refractivity contribution is 5.08. The van der Waals surface area contributed by atoms with Crippen molar-refractivity contribution < 1.29 is 4.42 Å². The molecule has 17 heavy (non-hydrogen) atoms. The predicted octanol–water partition coefficient (Wildman–Crippen LogP) is 3.80.